The molecule has 0 unspecified atom stereocenters. The number of phenolic OH excluding ortho intramolecular Hbond substituents is 1. The highest BCUT2D eigenvalue weighted by molar-refractivity contribution is 9.10. The van der Waals surface area contributed by atoms with Gasteiger partial charge in [0.05, 0.1) is 22.2 Å². The van der Waals surface area contributed by atoms with Crippen LogP contribution in [0.2, 0.25) is 0 Å². The number of hydrogen-bond donors (Lipinski definition) is 1. The number of carbonyl (C=O) groups is 1. The van der Waals surface area contributed by atoms with E-state index in [4.69, 9.17) is 4.74 Å². The van der Waals surface area contributed by atoms with Crippen molar-refractivity contribution in [2.24, 2.45) is 7.05 Å². The first-order chi connectivity index (χ1) is 11.0. The minimum absolute atomic E-state index is 0.108. The van der Waals surface area contributed by atoms with Gasteiger partial charge in [0.2, 0.25) is 0 Å². The highest BCUT2D eigenvalue weighted by atomic mass is 79.9. The molecule has 120 valence electrons. The van der Waals surface area contributed by atoms with Gasteiger partial charge in [-0.2, -0.15) is 0 Å². The molecular formula is C17H16BrNO3S. The van der Waals surface area contributed by atoms with E-state index in [0.29, 0.717) is 28.5 Å². The van der Waals surface area contributed by atoms with Crippen LogP contribution in [0.3, 0.4) is 0 Å². The molecule has 2 heterocycles. The summed E-state index contributed by atoms with van der Waals surface area (Å²) in [7, 11) is 1.93. The Morgan fingerprint density at radius 3 is 2.87 bits per heavy atom. The van der Waals surface area contributed by atoms with Gasteiger partial charge >= 0.3 is 5.97 Å². The van der Waals surface area contributed by atoms with Gasteiger partial charge in [-0.25, -0.2) is 4.79 Å². The van der Waals surface area contributed by atoms with Crippen LogP contribution < -0.4 is 0 Å². The molecule has 1 N–H and O–H groups in total. The van der Waals surface area contributed by atoms with Crippen LogP contribution in [0.4, 0.5) is 0 Å². The molecule has 4 nitrogen and oxygen atoms in total. The molecule has 0 aliphatic carbocycles. The van der Waals surface area contributed by atoms with Crippen molar-refractivity contribution in [2.75, 3.05) is 6.61 Å². The van der Waals surface area contributed by atoms with Gasteiger partial charge in [0.1, 0.15) is 5.75 Å². The number of phenols is 1. The van der Waals surface area contributed by atoms with Crippen molar-refractivity contribution in [1.82, 2.24) is 4.57 Å². The fourth-order valence-electron chi connectivity index (χ4n) is 2.71. The second-order valence-corrected chi connectivity index (χ2v) is 7.06. The number of fused-ring (bicyclic) bond motifs is 1. The van der Waals surface area contributed by atoms with E-state index in [0.717, 1.165) is 11.2 Å². The zero-order valence-electron chi connectivity index (χ0n) is 12.8. The van der Waals surface area contributed by atoms with Crippen molar-refractivity contribution in [3.63, 3.8) is 0 Å². The molecule has 0 amide bonds. The molecule has 0 saturated carbocycles. The number of aromatic hydroxyl groups is 1. The van der Waals surface area contributed by atoms with Crippen molar-refractivity contribution in [2.45, 2.75) is 13.3 Å². The van der Waals surface area contributed by atoms with E-state index in [-0.39, 0.29) is 11.7 Å². The first-order valence-corrected chi connectivity index (χ1v) is 8.89. The van der Waals surface area contributed by atoms with E-state index < -0.39 is 0 Å². The van der Waals surface area contributed by atoms with Crippen molar-refractivity contribution in [1.29, 1.82) is 0 Å². The topological polar surface area (TPSA) is 51.5 Å². The Morgan fingerprint density at radius 1 is 1.43 bits per heavy atom. The largest absolute Gasteiger partial charge is 0.507 e. The van der Waals surface area contributed by atoms with E-state index >= 15 is 0 Å². The van der Waals surface area contributed by atoms with Gasteiger partial charge in [0.15, 0.2) is 0 Å². The van der Waals surface area contributed by atoms with Gasteiger partial charge in [0, 0.05) is 29.4 Å². The second-order valence-electron chi connectivity index (χ2n) is 5.18. The lowest BCUT2D eigenvalue weighted by Crippen LogP contribution is -2.09. The van der Waals surface area contributed by atoms with E-state index in [2.05, 4.69) is 15.9 Å². The number of hydrogen-bond acceptors (Lipinski definition) is 4. The molecule has 0 saturated heterocycles. The molecule has 23 heavy (non-hydrogen) atoms. The minimum atomic E-state index is -0.355. The van der Waals surface area contributed by atoms with E-state index in [9.17, 15) is 9.90 Å². The molecule has 0 bridgehead atoms. The number of thiophene rings is 1. The third kappa shape index (κ3) is 2.88. The average Bonchev–Trinajstić information content (AvgIpc) is 3.10. The zero-order chi connectivity index (χ0) is 16.6. The van der Waals surface area contributed by atoms with Crippen LogP contribution in [0, 0.1) is 0 Å². The standard InChI is InChI=1S/C17H16BrNO3S/c1-3-22-17(21)16-11-8-15(20)12(18)9-13(11)19(2)14(16)7-10-5-4-6-23-10/h4-6,8-9,20H,3,7H2,1-2H3. The van der Waals surface area contributed by atoms with Crippen LogP contribution in [0.25, 0.3) is 10.9 Å². The Hall–Kier alpha value is -1.79. The molecule has 0 atom stereocenters. The number of ether oxygens (including phenoxy) is 1. The Bertz CT molecular complexity index is 868. The molecule has 3 rings (SSSR count). The molecule has 1 aromatic carbocycles. The second kappa shape index (κ2) is 6.37. The number of halogens is 1. The minimum Gasteiger partial charge on any atom is -0.507 e. The summed E-state index contributed by atoms with van der Waals surface area (Å²) in [5.41, 5.74) is 2.29. The summed E-state index contributed by atoms with van der Waals surface area (Å²) in [5, 5.41) is 12.7. The predicted molar refractivity (Wildman–Crippen MR) is 95.4 cm³/mol. The first-order valence-electron chi connectivity index (χ1n) is 7.22. The summed E-state index contributed by atoms with van der Waals surface area (Å²) in [6.07, 6.45) is 0.648. The monoisotopic (exact) mass is 393 g/mol. The van der Waals surface area contributed by atoms with Crippen molar-refractivity contribution in [3.05, 3.63) is 50.3 Å². The molecule has 0 aliphatic heterocycles. The fraction of sp³-hybridized carbons (Fsp3) is 0.235. The summed E-state index contributed by atoms with van der Waals surface area (Å²) in [5.74, 6) is -0.247. The normalized spacial score (nSPS) is 11.1. The maximum atomic E-state index is 12.5. The van der Waals surface area contributed by atoms with Crippen molar-refractivity contribution in [3.8, 4) is 5.75 Å². The highest BCUT2D eigenvalue weighted by Gasteiger charge is 2.23. The van der Waals surface area contributed by atoms with E-state index in [1.54, 1.807) is 24.3 Å². The maximum absolute atomic E-state index is 12.5. The van der Waals surface area contributed by atoms with Crippen molar-refractivity contribution < 1.29 is 14.6 Å². The quantitative estimate of drug-likeness (QED) is 0.664. The summed E-state index contributed by atoms with van der Waals surface area (Å²) in [4.78, 5) is 13.7. The molecule has 2 aromatic heterocycles. The lowest BCUT2D eigenvalue weighted by atomic mass is 10.1. The van der Waals surface area contributed by atoms with Gasteiger partial charge in [0.25, 0.3) is 0 Å². The van der Waals surface area contributed by atoms with E-state index in [1.807, 2.05) is 35.2 Å². The number of rotatable bonds is 4. The molecule has 0 radical (unpaired) electrons. The van der Waals surface area contributed by atoms with Crippen LogP contribution in [0.15, 0.2) is 34.1 Å². The fourth-order valence-corrected chi connectivity index (χ4v) is 3.75. The number of esters is 1. The number of aromatic nitrogens is 1. The van der Waals surface area contributed by atoms with Crippen LogP contribution in [-0.4, -0.2) is 22.2 Å². The maximum Gasteiger partial charge on any atom is 0.340 e. The third-order valence-corrected chi connectivity index (χ3v) is 5.30. The van der Waals surface area contributed by atoms with Crippen LogP contribution in [0.1, 0.15) is 27.9 Å². The molecule has 0 aliphatic rings. The Balaban J connectivity index is 2.25. The van der Waals surface area contributed by atoms with Gasteiger partial charge in [-0.1, -0.05) is 6.07 Å². The number of aryl methyl sites for hydroxylation is 1. The van der Waals surface area contributed by atoms with Crippen LogP contribution in [-0.2, 0) is 18.2 Å². The zero-order valence-corrected chi connectivity index (χ0v) is 15.2. The summed E-state index contributed by atoms with van der Waals surface area (Å²) in [6, 6.07) is 7.48. The number of benzene rings is 1. The average molecular weight is 394 g/mol. The van der Waals surface area contributed by atoms with Crippen molar-refractivity contribution >= 4 is 44.1 Å². The lowest BCUT2D eigenvalue weighted by molar-refractivity contribution is 0.0527. The number of nitrogens with zero attached hydrogens (tertiary/aromatic N) is 1. The molecular weight excluding hydrogens is 378 g/mol. The summed E-state index contributed by atoms with van der Waals surface area (Å²) < 4.78 is 7.83. The summed E-state index contributed by atoms with van der Waals surface area (Å²) in [6.45, 7) is 2.10. The molecule has 6 heteroatoms. The third-order valence-electron chi connectivity index (χ3n) is 3.79. The lowest BCUT2D eigenvalue weighted by Gasteiger charge is -2.06. The molecule has 3 aromatic rings. The predicted octanol–water partition coefficient (Wildman–Crippen LogP) is 4.48. The van der Waals surface area contributed by atoms with Crippen LogP contribution >= 0.6 is 27.3 Å². The Morgan fingerprint density at radius 2 is 2.22 bits per heavy atom. The van der Waals surface area contributed by atoms with Gasteiger partial charge in [-0.15, -0.1) is 11.3 Å². The SMILES string of the molecule is CCOC(=O)c1c(Cc2cccs2)n(C)c2cc(Br)c(O)cc12. The van der Waals surface area contributed by atoms with Gasteiger partial charge in [-0.3, -0.25) is 0 Å². The Labute approximate surface area is 146 Å². The summed E-state index contributed by atoms with van der Waals surface area (Å²) >= 11 is 4.99. The van der Waals surface area contributed by atoms with Gasteiger partial charge in [-0.05, 0) is 46.4 Å². The molecule has 0 fully saturated rings. The number of carbonyl (C=O) groups excluding carboxylic acids is 1. The molecule has 0 spiro atoms. The highest BCUT2D eigenvalue weighted by Crippen LogP contribution is 2.35. The Kier molecular flexibility index (Phi) is 4.46. The van der Waals surface area contributed by atoms with Gasteiger partial charge < -0.3 is 14.4 Å². The van der Waals surface area contributed by atoms with E-state index in [1.165, 1.54) is 4.88 Å². The smallest absolute Gasteiger partial charge is 0.340 e. The van der Waals surface area contributed by atoms with Crippen LogP contribution in [0.5, 0.6) is 5.75 Å². The first kappa shape index (κ1) is 16.1.